The van der Waals surface area contributed by atoms with Crippen molar-refractivity contribution in [3.05, 3.63) is 48.6 Å². The van der Waals surface area contributed by atoms with E-state index in [2.05, 4.69) is 56.5 Å². The molecule has 2 atom stereocenters. The maximum Gasteiger partial charge on any atom is 0.131 e. The normalized spacial score (nSPS) is 14.3. The first-order chi connectivity index (χ1) is 9.47. The molecular formula is C18H27NO. The Balaban J connectivity index is 3.01. The van der Waals surface area contributed by atoms with Crippen molar-refractivity contribution < 1.29 is 4.79 Å². The third-order valence-corrected chi connectivity index (χ3v) is 3.81. The predicted octanol–water partition coefficient (Wildman–Crippen LogP) is 4.24. The van der Waals surface area contributed by atoms with E-state index in [4.69, 9.17) is 0 Å². The minimum atomic E-state index is 0.248. The van der Waals surface area contributed by atoms with Crippen LogP contribution in [0.5, 0.6) is 0 Å². The van der Waals surface area contributed by atoms with E-state index < -0.39 is 0 Å². The van der Waals surface area contributed by atoms with Crippen LogP contribution in [0.1, 0.15) is 45.7 Å². The molecule has 0 N–H and O–H groups in total. The van der Waals surface area contributed by atoms with Crippen LogP contribution in [0.3, 0.4) is 0 Å². The molecule has 0 bridgehead atoms. The lowest BCUT2D eigenvalue weighted by Gasteiger charge is -2.38. The number of hydrogen-bond donors (Lipinski definition) is 0. The van der Waals surface area contributed by atoms with Gasteiger partial charge in [0, 0.05) is 25.0 Å². The average molecular weight is 273 g/mol. The summed E-state index contributed by atoms with van der Waals surface area (Å²) in [5.41, 5.74) is 1.28. The fourth-order valence-electron chi connectivity index (χ4n) is 2.68. The summed E-state index contributed by atoms with van der Waals surface area (Å²) < 4.78 is 0. The van der Waals surface area contributed by atoms with E-state index in [1.54, 1.807) is 6.92 Å². The van der Waals surface area contributed by atoms with Gasteiger partial charge in [-0.2, -0.15) is 0 Å². The molecular weight excluding hydrogens is 246 g/mol. The molecule has 0 aromatic heterocycles. The SMILES string of the molecule is C=CCN(C(CC(C)=O)C(C)C)[C@@H](C)c1ccccc1. The van der Waals surface area contributed by atoms with Gasteiger partial charge in [0.2, 0.25) is 0 Å². The Morgan fingerprint density at radius 2 is 1.85 bits per heavy atom. The second-order valence-corrected chi connectivity index (χ2v) is 5.79. The Hall–Kier alpha value is -1.41. The number of carbonyl (C=O) groups is 1. The topological polar surface area (TPSA) is 20.3 Å². The summed E-state index contributed by atoms with van der Waals surface area (Å²) >= 11 is 0. The van der Waals surface area contributed by atoms with Gasteiger partial charge < -0.3 is 0 Å². The van der Waals surface area contributed by atoms with Crippen LogP contribution in [0.4, 0.5) is 0 Å². The number of ketones is 1. The van der Waals surface area contributed by atoms with Crippen LogP contribution in [0.15, 0.2) is 43.0 Å². The summed E-state index contributed by atoms with van der Waals surface area (Å²) in [4.78, 5) is 14.0. The van der Waals surface area contributed by atoms with E-state index in [1.807, 2.05) is 12.1 Å². The molecule has 2 heteroatoms. The van der Waals surface area contributed by atoms with Gasteiger partial charge in [-0.1, -0.05) is 50.3 Å². The predicted molar refractivity (Wildman–Crippen MR) is 85.7 cm³/mol. The number of nitrogens with zero attached hydrogens (tertiary/aromatic N) is 1. The Labute approximate surface area is 123 Å². The van der Waals surface area contributed by atoms with E-state index in [0.717, 1.165) is 6.54 Å². The number of rotatable bonds is 8. The van der Waals surface area contributed by atoms with Gasteiger partial charge in [0.15, 0.2) is 0 Å². The highest BCUT2D eigenvalue weighted by Crippen LogP contribution is 2.27. The molecule has 0 radical (unpaired) electrons. The highest BCUT2D eigenvalue weighted by molar-refractivity contribution is 5.76. The molecule has 110 valence electrons. The first kappa shape index (κ1) is 16.6. The van der Waals surface area contributed by atoms with Gasteiger partial charge in [-0.25, -0.2) is 0 Å². The maximum atomic E-state index is 11.6. The monoisotopic (exact) mass is 273 g/mol. The molecule has 1 unspecified atom stereocenters. The second-order valence-electron chi connectivity index (χ2n) is 5.79. The van der Waals surface area contributed by atoms with Crippen molar-refractivity contribution in [3.8, 4) is 0 Å². The minimum Gasteiger partial charge on any atom is -0.300 e. The fourth-order valence-corrected chi connectivity index (χ4v) is 2.68. The van der Waals surface area contributed by atoms with Crippen molar-refractivity contribution in [1.29, 1.82) is 0 Å². The number of carbonyl (C=O) groups excluding carboxylic acids is 1. The smallest absolute Gasteiger partial charge is 0.131 e. The molecule has 0 spiro atoms. The molecule has 0 heterocycles. The average Bonchev–Trinajstić information content (AvgIpc) is 2.42. The van der Waals surface area contributed by atoms with Crippen molar-refractivity contribution in [2.75, 3.05) is 6.54 Å². The number of hydrogen-bond acceptors (Lipinski definition) is 2. The largest absolute Gasteiger partial charge is 0.300 e. The van der Waals surface area contributed by atoms with E-state index in [0.29, 0.717) is 12.3 Å². The van der Waals surface area contributed by atoms with Gasteiger partial charge in [0.1, 0.15) is 5.78 Å². The van der Waals surface area contributed by atoms with E-state index in [-0.39, 0.29) is 17.9 Å². The van der Waals surface area contributed by atoms with Crippen LogP contribution >= 0.6 is 0 Å². The third kappa shape index (κ3) is 4.61. The molecule has 0 aliphatic heterocycles. The highest BCUT2D eigenvalue weighted by atomic mass is 16.1. The molecule has 0 fully saturated rings. The maximum absolute atomic E-state index is 11.6. The van der Waals surface area contributed by atoms with Crippen molar-refractivity contribution in [2.24, 2.45) is 5.92 Å². The highest BCUT2D eigenvalue weighted by Gasteiger charge is 2.27. The van der Waals surface area contributed by atoms with Gasteiger partial charge in [0.05, 0.1) is 0 Å². The zero-order valence-electron chi connectivity index (χ0n) is 13.2. The second kappa shape index (κ2) is 8.01. The van der Waals surface area contributed by atoms with Crippen LogP contribution in [0.2, 0.25) is 0 Å². The summed E-state index contributed by atoms with van der Waals surface area (Å²) in [5, 5.41) is 0. The lowest BCUT2D eigenvalue weighted by Crippen LogP contribution is -2.42. The zero-order valence-corrected chi connectivity index (χ0v) is 13.2. The van der Waals surface area contributed by atoms with Crippen molar-refractivity contribution in [3.63, 3.8) is 0 Å². The first-order valence-corrected chi connectivity index (χ1v) is 7.38. The molecule has 2 nitrogen and oxygen atoms in total. The quantitative estimate of drug-likeness (QED) is 0.660. The molecule has 1 aromatic carbocycles. The zero-order chi connectivity index (χ0) is 15.1. The molecule has 0 aliphatic carbocycles. The summed E-state index contributed by atoms with van der Waals surface area (Å²) in [6.07, 6.45) is 2.53. The van der Waals surface area contributed by atoms with Gasteiger partial charge in [-0.3, -0.25) is 9.69 Å². The van der Waals surface area contributed by atoms with E-state index in [1.165, 1.54) is 5.56 Å². The Morgan fingerprint density at radius 1 is 1.25 bits per heavy atom. The van der Waals surface area contributed by atoms with Crippen molar-refractivity contribution >= 4 is 5.78 Å². The molecule has 0 aliphatic rings. The van der Waals surface area contributed by atoms with Gasteiger partial charge in [0.25, 0.3) is 0 Å². The lowest BCUT2D eigenvalue weighted by atomic mass is 9.94. The summed E-state index contributed by atoms with van der Waals surface area (Å²) in [6.45, 7) is 12.9. The van der Waals surface area contributed by atoms with Gasteiger partial charge in [-0.05, 0) is 25.3 Å². The Kier molecular flexibility index (Phi) is 6.66. The summed E-state index contributed by atoms with van der Waals surface area (Å²) in [7, 11) is 0. The summed E-state index contributed by atoms with van der Waals surface area (Å²) in [5.74, 6) is 0.683. The molecule has 1 rings (SSSR count). The van der Waals surface area contributed by atoms with Gasteiger partial charge >= 0.3 is 0 Å². The number of benzene rings is 1. The fraction of sp³-hybridized carbons (Fsp3) is 0.500. The van der Waals surface area contributed by atoms with E-state index in [9.17, 15) is 4.79 Å². The Bertz CT molecular complexity index is 424. The van der Waals surface area contributed by atoms with Crippen LogP contribution in [0.25, 0.3) is 0 Å². The van der Waals surface area contributed by atoms with Crippen LogP contribution in [0, 0.1) is 5.92 Å². The minimum absolute atomic E-state index is 0.248. The van der Waals surface area contributed by atoms with Crippen molar-refractivity contribution in [2.45, 2.75) is 46.2 Å². The van der Waals surface area contributed by atoms with Gasteiger partial charge in [-0.15, -0.1) is 6.58 Å². The van der Waals surface area contributed by atoms with Crippen LogP contribution < -0.4 is 0 Å². The van der Waals surface area contributed by atoms with E-state index >= 15 is 0 Å². The third-order valence-electron chi connectivity index (χ3n) is 3.81. The summed E-state index contributed by atoms with van der Waals surface area (Å²) in [6, 6.07) is 11.0. The van der Waals surface area contributed by atoms with Crippen LogP contribution in [-0.2, 0) is 4.79 Å². The number of Topliss-reactive ketones (excluding diaryl/α,β-unsaturated/α-hetero) is 1. The van der Waals surface area contributed by atoms with Crippen LogP contribution in [-0.4, -0.2) is 23.3 Å². The lowest BCUT2D eigenvalue weighted by molar-refractivity contribution is -0.118. The molecule has 0 saturated carbocycles. The van der Waals surface area contributed by atoms with Crippen molar-refractivity contribution in [1.82, 2.24) is 4.90 Å². The molecule has 20 heavy (non-hydrogen) atoms. The standard InChI is InChI=1S/C18H27NO/c1-6-12-19(18(14(2)3)13-15(4)20)16(5)17-10-8-7-9-11-17/h6-11,14,16,18H,1,12-13H2,2-5H3/t16-,18?/m0/s1. The molecule has 0 amide bonds. The molecule has 0 saturated heterocycles. The molecule has 1 aromatic rings. The first-order valence-electron chi connectivity index (χ1n) is 7.38. The Morgan fingerprint density at radius 3 is 2.30 bits per heavy atom.